The van der Waals surface area contributed by atoms with Crippen molar-refractivity contribution in [1.29, 1.82) is 0 Å². The number of carboxylic acid groups (broad SMARTS) is 4. The number of aliphatic hydroxyl groups is 2. The van der Waals surface area contributed by atoms with Crippen LogP contribution in [0, 0.1) is 5.92 Å². The number of hydrogen-bond acceptors (Lipinski definition) is 27. The van der Waals surface area contributed by atoms with E-state index in [4.69, 9.17) is 33.8 Å². The topological polar surface area (TPSA) is 790 Å². The summed E-state index contributed by atoms with van der Waals surface area (Å²) in [7, 11) is 0. The van der Waals surface area contributed by atoms with Gasteiger partial charge in [0, 0.05) is 32.1 Å². The molecule has 0 saturated carbocycles. The Hall–Kier alpha value is -11.0. The minimum absolute atomic E-state index is 0.0260. The van der Waals surface area contributed by atoms with E-state index >= 15 is 0 Å². The van der Waals surface area contributed by atoms with E-state index in [2.05, 4.69) is 79.8 Å². The lowest BCUT2D eigenvalue weighted by Crippen LogP contribution is -2.60. The number of nitrogens with two attached hydrogens (primary N) is 5. The van der Waals surface area contributed by atoms with Crippen molar-refractivity contribution in [2.24, 2.45) is 34.6 Å². The number of thioether (sulfide) groups is 1. The molecule has 0 spiro atoms. The molecule has 0 bridgehead atoms. The fourth-order valence-corrected chi connectivity index (χ4v) is 10.8. The lowest BCUT2D eigenvalue weighted by molar-refractivity contribution is -0.144. The van der Waals surface area contributed by atoms with Crippen molar-refractivity contribution >= 4 is 136 Å². The van der Waals surface area contributed by atoms with Crippen LogP contribution in [0.15, 0.2) is 0 Å². The average molecular weight is 1680 g/mol. The Bertz CT molecular complexity index is 3390. The number of carboxylic acids is 4. The number of hydrogen-bond donors (Lipinski definition) is 26. The predicted octanol–water partition coefficient (Wildman–Crippen LogP) is -10.5. The standard InChI is InChI=1S/C68H116N20O27S/c1-32(2)28-46(87-67(113)47(31-90)88-57(103)36(6)78-61(107)40(14-19-48(72)91)84-65(111)44(24-27-116-7)83-58(104)37(71)30-89)66(112)85-43(17-22-52(96)97)63(109)77-35(5)56(102)82-42(16-21-51(94)95)62(108)76-33(3)54(100)80-38(12-8-10-25-69)59(105)74-29-50(93)79-39(13-9-11-26-70)60(106)75-34(4)55(101)81-41(15-20-49(73)92)64(110)86-45(68(114)115)18-23-53(98)99/h32-47,89-90H,8-31,69-71H2,1-7H3,(H2,72,91)(H2,73,92)(H,74,105)(H,75,106)(H,76,108)(H,77,109)(H,78,107)(H,79,93)(H,80,100)(H,81,101)(H,82,102)(H,83,104)(H,84,111)(H,85,112)(H,86,110)(H,87,113)(H,88,103)(H,94,95)(H,96,97)(H,98,99)(H,114,115)/t33-,34-,35-,36-,37-,38-,39-,40-,41-,42-,43-,44-,45-,46-,47-/m0/s1. The summed E-state index contributed by atoms with van der Waals surface area (Å²) in [5.74, 6) is -23.7. The van der Waals surface area contributed by atoms with Crippen LogP contribution in [0.4, 0.5) is 0 Å². The van der Waals surface area contributed by atoms with Crippen LogP contribution < -0.4 is 108 Å². The van der Waals surface area contributed by atoms with Gasteiger partial charge in [-0.1, -0.05) is 13.8 Å². The number of carbonyl (C=O) groups excluding carboxylic acids is 17. The van der Waals surface area contributed by atoms with E-state index in [1.54, 1.807) is 20.1 Å². The molecule has 47 nitrogen and oxygen atoms in total. The molecule has 0 heterocycles. The van der Waals surface area contributed by atoms with Gasteiger partial charge in [0.25, 0.3) is 0 Å². The van der Waals surface area contributed by atoms with Gasteiger partial charge in [0.05, 0.1) is 19.8 Å². The highest BCUT2D eigenvalue weighted by Crippen LogP contribution is 2.13. The smallest absolute Gasteiger partial charge is 0.326 e. The summed E-state index contributed by atoms with van der Waals surface area (Å²) in [5, 5.41) is 92.1. The molecular formula is C68H116N20O27S. The van der Waals surface area contributed by atoms with E-state index in [0.29, 0.717) is 18.6 Å². The molecule has 116 heavy (non-hydrogen) atoms. The highest BCUT2D eigenvalue weighted by atomic mass is 32.2. The van der Waals surface area contributed by atoms with E-state index in [-0.39, 0.29) is 51.6 Å². The molecule has 0 aliphatic rings. The average Bonchev–Trinajstić information content (AvgIpc) is 0.872. The molecule has 0 aromatic carbocycles. The number of aliphatic carboxylic acids is 4. The lowest BCUT2D eigenvalue weighted by Gasteiger charge is -2.27. The second kappa shape index (κ2) is 56.3. The summed E-state index contributed by atoms with van der Waals surface area (Å²) in [6.07, 6.45) is -3.36. The van der Waals surface area contributed by atoms with Crippen molar-refractivity contribution < 1.29 is 131 Å². The first-order valence-electron chi connectivity index (χ1n) is 37.2. The molecule has 0 saturated heterocycles. The van der Waals surface area contributed by atoms with Crippen LogP contribution in [-0.2, 0) is 101 Å². The molecule has 0 radical (unpaired) electrons. The maximum absolute atomic E-state index is 14.1. The number of amides is 17. The van der Waals surface area contributed by atoms with Crippen LogP contribution in [-0.4, -0.2) is 290 Å². The van der Waals surface area contributed by atoms with Gasteiger partial charge in [0.1, 0.15) is 90.6 Å². The SMILES string of the molecule is CSCC[C@H](NC(=O)[C@@H](N)CO)C(=O)N[C@@H](CCC(N)=O)C(=O)N[C@@H](C)C(=O)N[C@@H](CO)C(=O)N[C@@H](CC(C)C)C(=O)N[C@@H](CCC(=O)O)C(=O)N[C@@H](C)C(=O)N[C@@H](CCC(=O)O)C(=O)N[C@@H](C)C(=O)N[C@@H](CCCCN)C(=O)NCC(=O)N[C@@H](CCCCN)C(=O)N[C@@H](C)C(=O)N[C@@H](CCC(N)=O)C(=O)N[C@@H](CCC(=O)O)C(=O)O. The first kappa shape index (κ1) is 105. The molecule has 31 N–H and O–H groups in total. The number of primary amides is 2. The molecule has 48 heteroatoms. The predicted molar refractivity (Wildman–Crippen MR) is 408 cm³/mol. The molecule has 0 aliphatic heterocycles. The van der Waals surface area contributed by atoms with Crippen molar-refractivity contribution in [3.05, 3.63) is 0 Å². The highest BCUT2D eigenvalue weighted by molar-refractivity contribution is 7.98. The number of rotatable bonds is 61. The second-order valence-corrected chi connectivity index (χ2v) is 28.4. The molecule has 0 aromatic rings. The van der Waals surface area contributed by atoms with E-state index < -0.39 is 305 Å². The quantitative estimate of drug-likeness (QED) is 0.0251. The van der Waals surface area contributed by atoms with E-state index in [1.807, 2.05) is 0 Å². The van der Waals surface area contributed by atoms with Gasteiger partial charge in [-0.05, 0) is 142 Å². The Morgan fingerprint density at radius 2 is 0.603 bits per heavy atom. The molecule has 0 aromatic heterocycles. The van der Waals surface area contributed by atoms with Crippen LogP contribution in [0.2, 0.25) is 0 Å². The molecule has 15 atom stereocenters. The van der Waals surface area contributed by atoms with Crippen molar-refractivity contribution in [3.8, 4) is 0 Å². The zero-order valence-electron chi connectivity index (χ0n) is 65.8. The molecular weight excluding hydrogens is 1560 g/mol. The van der Waals surface area contributed by atoms with Gasteiger partial charge in [0.15, 0.2) is 0 Å². The molecule has 0 fully saturated rings. The summed E-state index contributed by atoms with van der Waals surface area (Å²) in [6.45, 7) is 5.36. The van der Waals surface area contributed by atoms with Gasteiger partial charge in [-0.2, -0.15) is 11.8 Å². The summed E-state index contributed by atoms with van der Waals surface area (Å²) >= 11 is 1.31. The van der Waals surface area contributed by atoms with Crippen LogP contribution >= 0.6 is 11.8 Å². The Morgan fingerprint density at radius 1 is 0.319 bits per heavy atom. The Morgan fingerprint density at radius 3 is 0.931 bits per heavy atom. The van der Waals surface area contributed by atoms with E-state index in [9.17, 15) is 126 Å². The van der Waals surface area contributed by atoms with Crippen molar-refractivity contribution in [3.63, 3.8) is 0 Å². The van der Waals surface area contributed by atoms with Gasteiger partial charge in [-0.3, -0.25) is 95.9 Å². The molecule has 17 amide bonds. The zero-order chi connectivity index (χ0) is 88.6. The Labute approximate surface area is 671 Å². The number of nitrogens with one attached hydrogen (secondary N) is 15. The van der Waals surface area contributed by atoms with Gasteiger partial charge in [-0.25, -0.2) is 4.79 Å². The lowest BCUT2D eigenvalue weighted by atomic mass is 10.0. The minimum Gasteiger partial charge on any atom is -0.481 e. The van der Waals surface area contributed by atoms with Gasteiger partial charge < -0.3 is 139 Å². The summed E-state index contributed by atoms with van der Waals surface area (Å²) in [4.78, 5) is 273. The third kappa shape index (κ3) is 43.5. The minimum atomic E-state index is -1.85. The number of unbranched alkanes of at least 4 members (excludes halogenated alkanes) is 2. The number of carbonyl (C=O) groups is 21. The third-order valence-corrected chi connectivity index (χ3v) is 17.6. The van der Waals surface area contributed by atoms with Crippen LogP contribution in [0.25, 0.3) is 0 Å². The third-order valence-electron chi connectivity index (χ3n) is 17.0. The fraction of sp³-hybridized carbons (Fsp3) is 0.691. The highest BCUT2D eigenvalue weighted by Gasteiger charge is 2.37. The van der Waals surface area contributed by atoms with E-state index in [0.717, 1.165) is 20.8 Å². The Kier molecular flexibility index (Phi) is 51.0. The maximum atomic E-state index is 14.1. The first-order valence-corrected chi connectivity index (χ1v) is 38.6. The second-order valence-electron chi connectivity index (χ2n) is 27.4. The normalized spacial score (nSPS) is 14.9. The van der Waals surface area contributed by atoms with Crippen molar-refractivity contribution in [2.45, 2.75) is 248 Å². The molecule has 0 rings (SSSR count). The van der Waals surface area contributed by atoms with Crippen molar-refractivity contribution in [1.82, 2.24) is 79.8 Å². The van der Waals surface area contributed by atoms with E-state index in [1.165, 1.54) is 18.7 Å². The Balaban J connectivity index is 6.47. The van der Waals surface area contributed by atoms with Gasteiger partial charge in [-0.15, -0.1) is 0 Å². The van der Waals surface area contributed by atoms with Gasteiger partial charge in [0.2, 0.25) is 100 Å². The van der Waals surface area contributed by atoms with Crippen LogP contribution in [0.3, 0.4) is 0 Å². The molecule has 0 unspecified atom stereocenters. The molecule has 0 aliphatic carbocycles. The fourth-order valence-electron chi connectivity index (χ4n) is 10.3. The monoisotopic (exact) mass is 1680 g/mol. The zero-order valence-corrected chi connectivity index (χ0v) is 66.6. The maximum Gasteiger partial charge on any atom is 0.326 e. The summed E-state index contributed by atoms with van der Waals surface area (Å²) in [5.41, 5.74) is 27.4. The van der Waals surface area contributed by atoms with Crippen molar-refractivity contribution in [2.75, 3.05) is 44.9 Å². The molecule has 656 valence electrons. The van der Waals surface area contributed by atoms with Crippen LogP contribution in [0.5, 0.6) is 0 Å². The largest absolute Gasteiger partial charge is 0.481 e. The first-order chi connectivity index (χ1) is 54.4. The number of aliphatic hydroxyl groups excluding tert-OH is 2. The summed E-state index contributed by atoms with van der Waals surface area (Å²) < 4.78 is 0. The van der Waals surface area contributed by atoms with Crippen LogP contribution in [0.1, 0.15) is 157 Å². The van der Waals surface area contributed by atoms with Gasteiger partial charge >= 0.3 is 23.9 Å². The summed E-state index contributed by atoms with van der Waals surface area (Å²) in [6, 6.07) is -23.7.